The monoisotopic (exact) mass is 283 g/mol. The van der Waals surface area contributed by atoms with Gasteiger partial charge in [-0.15, -0.1) is 11.3 Å². The molecule has 0 spiro atoms. The van der Waals surface area contributed by atoms with E-state index < -0.39 is 5.60 Å². The summed E-state index contributed by atoms with van der Waals surface area (Å²) in [4.78, 5) is 3.25. The first kappa shape index (κ1) is 13.8. The highest BCUT2D eigenvalue weighted by Gasteiger charge is 2.18. The predicted molar refractivity (Wildman–Crippen MR) is 79.5 cm³/mol. The van der Waals surface area contributed by atoms with Gasteiger partial charge in [-0.1, -0.05) is 29.8 Å². The number of halogens is 1. The summed E-state index contributed by atoms with van der Waals surface area (Å²) in [6.07, 6.45) is 0. The number of likely N-dealkylation sites (N-methyl/N-ethyl adjacent to an activating group) is 1. The maximum Gasteiger partial charge on any atom is 0.0718 e. The SMILES string of the molecule is CN(Cc1sc2ccccc2c1Cl)CC(C)(C)O. The van der Waals surface area contributed by atoms with Gasteiger partial charge >= 0.3 is 0 Å². The predicted octanol–water partition coefficient (Wildman–Crippen LogP) is 3.76. The van der Waals surface area contributed by atoms with Crippen molar-refractivity contribution in [1.82, 2.24) is 4.90 Å². The Morgan fingerprint density at radius 2 is 2.00 bits per heavy atom. The summed E-state index contributed by atoms with van der Waals surface area (Å²) in [6.45, 7) is 5.02. The lowest BCUT2D eigenvalue weighted by Gasteiger charge is -2.25. The van der Waals surface area contributed by atoms with Gasteiger partial charge < -0.3 is 5.11 Å². The van der Waals surface area contributed by atoms with Crippen LogP contribution < -0.4 is 0 Å². The number of rotatable bonds is 4. The van der Waals surface area contributed by atoms with Crippen LogP contribution in [0.25, 0.3) is 10.1 Å². The van der Waals surface area contributed by atoms with Crippen molar-refractivity contribution in [3.8, 4) is 0 Å². The lowest BCUT2D eigenvalue weighted by molar-refractivity contribution is 0.0427. The second-order valence-electron chi connectivity index (χ2n) is 5.32. The van der Waals surface area contributed by atoms with E-state index in [0.717, 1.165) is 21.8 Å². The first-order valence-corrected chi connectivity index (χ1v) is 7.13. The number of fused-ring (bicyclic) bond motifs is 1. The van der Waals surface area contributed by atoms with Gasteiger partial charge in [-0.2, -0.15) is 0 Å². The van der Waals surface area contributed by atoms with Crippen LogP contribution in [0.4, 0.5) is 0 Å². The van der Waals surface area contributed by atoms with Crippen LogP contribution in [0.1, 0.15) is 18.7 Å². The van der Waals surface area contributed by atoms with Crippen LogP contribution in [0.15, 0.2) is 24.3 Å². The summed E-state index contributed by atoms with van der Waals surface area (Å²) in [5.74, 6) is 0. The van der Waals surface area contributed by atoms with Gasteiger partial charge in [0.1, 0.15) is 0 Å². The molecule has 0 unspecified atom stereocenters. The van der Waals surface area contributed by atoms with E-state index in [4.69, 9.17) is 11.6 Å². The van der Waals surface area contributed by atoms with Gasteiger partial charge in [-0.25, -0.2) is 0 Å². The Morgan fingerprint density at radius 3 is 2.61 bits per heavy atom. The molecule has 0 aliphatic carbocycles. The van der Waals surface area contributed by atoms with Crippen LogP contribution in [-0.4, -0.2) is 29.2 Å². The topological polar surface area (TPSA) is 23.5 Å². The van der Waals surface area contributed by atoms with Crippen molar-refractivity contribution >= 4 is 33.0 Å². The molecule has 0 bridgehead atoms. The Hall–Kier alpha value is -0.610. The molecule has 4 heteroatoms. The quantitative estimate of drug-likeness (QED) is 0.924. The van der Waals surface area contributed by atoms with Crippen molar-refractivity contribution in [2.24, 2.45) is 0 Å². The molecule has 2 rings (SSSR count). The normalized spacial score (nSPS) is 12.6. The van der Waals surface area contributed by atoms with E-state index in [2.05, 4.69) is 11.0 Å². The summed E-state index contributed by atoms with van der Waals surface area (Å²) in [5.41, 5.74) is -0.683. The van der Waals surface area contributed by atoms with Gasteiger partial charge in [0.05, 0.1) is 10.6 Å². The highest BCUT2D eigenvalue weighted by Crippen LogP contribution is 2.35. The molecule has 98 valence electrons. The molecule has 0 atom stereocenters. The zero-order valence-electron chi connectivity index (χ0n) is 10.9. The van der Waals surface area contributed by atoms with Crippen LogP contribution in [0.2, 0.25) is 5.02 Å². The zero-order valence-corrected chi connectivity index (χ0v) is 12.5. The Balaban J connectivity index is 2.19. The molecule has 0 saturated carbocycles. The lowest BCUT2D eigenvalue weighted by Crippen LogP contribution is -2.35. The highest BCUT2D eigenvalue weighted by molar-refractivity contribution is 7.19. The Morgan fingerprint density at radius 1 is 1.33 bits per heavy atom. The molecule has 2 nitrogen and oxygen atoms in total. The van der Waals surface area contributed by atoms with Crippen LogP contribution >= 0.6 is 22.9 Å². The minimum atomic E-state index is -0.683. The average Bonchev–Trinajstić information content (AvgIpc) is 2.54. The minimum Gasteiger partial charge on any atom is -0.389 e. The fraction of sp³-hybridized carbons (Fsp3) is 0.429. The van der Waals surface area contributed by atoms with E-state index in [9.17, 15) is 5.11 Å². The zero-order chi connectivity index (χ0) is 13.3. The first-order chi connectivity index (χ1) is 8.37. The maximum atomic E-state index is 9.80. The van der Waals surface area contributed by atoms with E-state index in [-0.39, 0.29) is 0 Å². The van der Waals surface area contributed by atoms with Crippen molar-refractivity contribution in [2.45, 2.75) is 26.0 Å². The molecule has 1 heterocycles. The van der Waals surface area contributed by atoms with Crippen LogP contribution in [0, 0.1) is 0 Å². The fourth-order valence-electron chi connectivity index (χ4n) is 2.13. The van der Waals surface area contributed by atoms with E-state index in [1.807, 2.05) is 39.1 Å². The van der Waals surface area contributed by atoms with E-state index >= 15 is 0 Å². The molecule has 0 aliphatic rings. The summed E-state index contributed by atoms with van der Waals surface area (Å²) in [5, 5.41) is 11.8. The maximum absolute atomic E-state index is 9.80. The van der Waals surface area contributed by atoms with Gasteiger partial charge in [0, 0.05) is 28.1 Å². The first-order valence-electron chi connectivity index (χ1n) is 5.93. The molecule has 18 heavy (non-hydrogen) atoms. The smallest absolute Gasteiger partial charge is 0.0718 e. The van der Waals surface area contributed by atoms with Gasteiger partial charge in [0.25, 0.3) is 0 Å². The molecule has 1 N–H and O–H groups in total. The molecular weight excluding hydrogens is 266 g/mol. The number of aliphatic hydroxyl groups is 1. The van der Waals surface area contributed by atoms with Crippen molar-refractivity contribution < 1.29 is 5.11 Å². The summed E-state index contributed by atoms with van der Waals surface area (Å²) >= 11 is 8.12. The minimum absolute atomic E-state index is 0.623. The molecule has 1 aromatic heterocycles. The molecule has 0 amide bonds. The third-order valence-corrected chi connectivity index (χ3v) is 4.37. The van der Waals surface area contributed by atoms with Gasteiger partial charge in [0.15, 0.2) is 0 Å². The lowest BCUT2D eigenvalue weighted by atomic mass is 10.1. The average molecular weight is 284 g/mol. The Kier molecular flexibility index (Phi) is 3.97. The van der Waals surface area contributed by atoms with Gasteiger partial charge in [-0.05, 0) is 27.0 Å². The Labute approximate surface area is 117 Å². The summed E-state index contributed by atoms with van der Waals surface area (Å²) in [7, 11) is 2.00. The molecule has 0 aliphatic heterocycles. The van der Waals surface area contributed by atoms with Crippen molar-refractivity contribution in [3.05, 3.63) is 34.2 Å². The fourth-order valence-corrected chi connectivity index (χ4v) is 3.70. The number of hydrogen-bond donors (Lipinski definition) is 1. The van der Waals surface area contributed by atoms with Gasteiger partial charge in [0.2, 0.25) is 0 Å². The molecule has 0 radical (unpaired) electrons. The van der Waals surface area contributed by atoms with E-state index in [1.54, 1.807) is 11.3 Å². The van der Waals surface area contributed by atoms with E-state index in [1.165, 1.54) is 4.70 Å². The molecule has 1 aromatic carbocycles. The second kappa shape index (κ2) is 5.17. The number of thiophene rings is 1. The largest absolute Gasteiger partial charge is 0.389 e. The molecule has 0 saturated heterocycles. The van der Waals surface area contributed by atoms with Crippen LogP contribution in [0.5, 0.6) is 0 Å². The van der Waals surface area contributed by atoms with Crippen molar-refractivity contribution in [1.29, 1.82) is 0 Å². The highest BCUT2D eigenvalue weighted by atomic mass is 35.5. The van der Waals surface area contributed by atoms with Crippen molar-refractivity contribution in [3.63, 3.8) is 0 Å². The van der Waals surface area contributed by atoms with Crippen LogP contribution in [-0.2, 0) is 6.54 Å². The third kappa shape index (κ3) is 3.23. The number of benzene rings is 1. The van der Waals surface area contributed by atoms with Crippen LogP contribution in [0.3, 0.4) is 0 Å². The Bertz CT molecular complexity index is 544. The van der Waals surface area contributed by atoms with Crippen molar-refractivity contribution in [2.75, 3.05) is 13.6 Å². The molecular formula is C14H18ClNOS. The number of hydrogen-bond acceptors (Lipinski definition) is 3. The summed E-state index contributed by atoms with van der Waals surface area (Å²) < 4.78 is 1.22. The van der Waals surface area contributed by atoms with E-state index in [0.29, 0.717) is 6.54 Å². The number of nitrogens with zero attached hydrogens (tertiary/aromatic N) is 1. The van der Waals surface area contributed by atoms with Gasteiger partial charge in [-0.3, -0.25) is 4.90 Å². The third-order valence-electron chi connectivity index (χ3n) is 2.67. The molecule has 0 fully saturated rings. The second-order valence-corrected chi connectivity index (χ2v) is 6.83. The standard InChI is InChI=1S/C14H18ClNOS/c1-14(2,17)9-16(3)8-12-13(15)10-6-4-5-7-11(10)18-12/h4-7,17H,8-9H2,1-3H3. The molecule has 2 aromatic rings. The summed E-state index contributed by atoms with van der Waals surface area (Å²) in [6, 6.07) is 8.17.